The van der Waals surface area contributed by atoms with E-state index in [1.807, 2.05) is 4.90 Å². The first-order chi connectivity index (χ1) is 36.1. The molecule has 31 heteroatoms. The third-order valence-electron chi connectivity index (χ3n) is 11.6. The molecule has 0 bridgehead atoms. The van der Waals surface area contributed by atoms with Gasteiger partial charge in [0.15, 0.2) is 0 Å². The van der Waals surface area contributed by atoms with Gasteiger partial charge in [0.2, 0.25) is 17.7 Å². The van der Waals surface area contributed by atoms with Gasteiger partial charge in [-0.25, -0.2) is 0 Å². The maximum absolute atomic E-state index is 12.9. The molecule has 1 saturated heterocycles. The molecular formula is C46H74AsGdN10O18S-5. The quantitative estimate of drug-likeness (QED) is 0.0171. The van der Waals surface area contributed by atoms with Crippen molar-refractivity contribution in [3.05, 3.63) is 24.3 Å². The van der Waals surface area contributed by atoms with Gasteiger partial charge in [-0.1, -0.05) is 12.8 Å². The Bertz CT molecular complexity index is 1910. The van der Waals surface area contributed by atoms with Crippen LogP contribution in [0, 0.1) is 39.9 Å². The molecule has 3 unspecified atom stereocenters. The number of rotatable bonds is 35. The maximum atomic E-state index is 12.9. The second-order valence-electron chi connectivity index (χ2n) is 18.0. The summed E-state index contributed by atoms with van der Waals surface area (Å²) in [4.78, 5) is 105. The summed E-state index contributed by atoms with van der Waals surface area (Å²) in [5, 5.41) is 101. The van der Waals surface area contributed by atoms with E-state index >= 15 is 0 Å². The number of benzene rings is 1. The summed E-state index contributed by atoms with van der Waals surface area (Å²) >= 11 is -2.16. The first-order valence-electron chi connectivity index (χ1n) is 25.0. The number of nitrogens with one attached hydrogen (secondary N) is 6. The van der Waals surface area contributed by atoms with Gasteiger partial charge in [-0.2, -0.15) is 0 Å². The van der Waals surface area contributed by atoms with E-state index in [9.17, 15) is 87.4 Å². The van der Waals surface area contributed by atoms with Crippen molar-refractivity contribution < 1.29 is 127 Å². The molecule has 440 valence electrons. The van der Waals surface area contributed by atoms with Gasteiger partial charge in [-0.05, 0) is 51.0 Å². The number of hydrogen-bond donors (Lipinski definition) is 11. The molecule has 77 heavy (non-hydrogen) atoms. The van der Waals surface area contributed by atoms with Gasteiger partial charge in [0, 0.05) is 144 Å². The Labute approximate surface area is 489 Å². The molecule has 0 radical (unpaired) electrons. The Balaban J connectivity index is 0.0000296. The Hall–Kier alpha value is -3.27. The number of nitrogens with zero attached hydrogens (tertiary/aromatic N) is 4. The molecule has 1 aromatic carbocycles. The fourth-order valence-electron chi connectivity index (χ4n) is 7.59. The van der Waals surface area contributed by atoms with Crippen LogP contribution in [0.4, 0.5) is 5.69 Å². The number of carbonyl (C=O) groups excluding carboxylic acids is 8. The van der Waals surface area contributed by atoms with Crippen molar-refractivity contribution in [2.75, 3.05) is 115 Å². The predicted molar refractivity (Wildman–Crippen MR) is 265 cm³/mol. The predicted octanol–water partition coefficient (Wildman–Crippen LogP) is -11.0. The summed E-state index contributed by atoms with van der Waals surface area (Å²) in [7, 11) is 0. The zero-order valence-corrected chi connectivity index (χ0v) is 47.8. The van der Waals surface area contributed by atoms with Crippen LogP contribution < -0.4 is 61.8 Å². The number of unbranched alkanes of at least 4 members (excludes halogenated alkanes) is 4. The van der Waals surface area contributed by atoms with Crippen molar-refractivity contribution in [3.63, 3.8) is 0 Å². The van der Waals surface area contributed by atoms with E-state index in [1.165, 1.54) is 24.3 Å². The van der Waals surface area contributed by atoms with Crippen molar-refractivity contribution in [1.29, 1.82) is 0 Å². The third kappa shape index (κ3) is 35.9. The van der Waals surface area contributed by atoms with Crippen molar-refractivity contribution in [2.24, 2.45) is 0 Å². The Morgan fingerprint density at radius 1 is 0.571 bits per heavy atom. The summed E-state index contributed by atoms with van der Waals surface area (Å²) < 4.78 is 19.1. The first-order valence-corrected chi connectivity index (χ1v) is 28.7. The molecular weight excluding hydrogens is 1240 g/mol. The zero-order chi connectivity index (χ0) is 56.4. The SMILES string of the molecule is O=C([O-])CNC(=O)[C@H](CSCC(=O)Nc1ccc([As](O)O)cc1)NC(=O)CC[C@H](NC(=O)CCCCCNC(=O)CCCCCNC(=O)CN1CCN(CC([O-])O)CCN(CC([O-])O)CCN(CC([O-])O)CC1)C(=O)[O-].[Gd]. The molecule has 6 amide bonds. The van der Waals surface area contributed by atoms with Crippen LogP contribution in [0.1, 0.15) is 64.2 Å². The van der Waals surface area contributed by atoms with Crippen molar-refractivity contribution in [2.45, 2.75) is 95.2 Å². The van der Waals surface area contributed by atoms with E-state index in [2.05, 4.69) is 31.9 Å². The minimum atomic E-state index is -3.08. The molecule has 5 atom stereocenters. The molecule has 1 aliphatic rings. The summed E-state index contributed by atoms with van der Waals surface area (Å²) in [6.45, 7) is 1.76. The van der Waals surface area contributed by atoms with Gasteiger partial charge in [0.05, 0.1) is 31.1 Å². The molecule has 0 spiro atoms. The van der Waals surface area contributed by atoms with Crippen LogP contribution in [-0.4, -0.2) is 246 Å². The first kappa shape index (κ1) is 71.7. The van der Waals surface area contributed by atoms with Gasteiger partial charge in [-0.15, -0.1) is 0 Å². The Kier molecular flexibility index (Phi) is 38.9. The van der Waals surface area contributed by atoms with Crippen molar-refractivity contribution in [1.82, 2.24) is 46.2 Å². The number of carbonyl (C=O) groups is 8. The average Bonchev–Trinajstić information content (AvgIpc) is 3.34. The number of hydrogen-bond acceptors (Lipinski definition) is 23. The number of aliphatic hydroxyl groups is 3. The molecule has 0 aliphatic carbocycles. The second kappa shape index (κ2) is 41.7. The van der Waals surface area contributed by atoms with Crippen LogP contribution in [0.25, 0.3) is 0 Å². The van der Waals surface area contributed by atoms with Crippen LogP contribution in [0.5, 0.6) is 0 Å². The van der Waals surface area contributed by atoms with Gasteiger partial charge < -0.3 is 66.4 Å². The van der Waals surface area contributed by atoms with Crippen LogP contribution in [-0.2, 0) is 38.4 Å². The molecule has 2 rings (SSSR count). The summed E-state index contributed by atoms with van der Waals surface area (Å²) in [5.74, 6) is -6.92. The molecule has 11 N–H and O–H groups in total. The Morgan fingerprint density at radius 2 is 1.03 bits per heavy atom. The monoisotopic (exact) mass is 1320 g/mol. The standard InChI is InChI=1S/C46H76AsN10O18S.Gd/c58-36(7-3-1-6-16-49-39(61)26-54-17-19-55(27-42(65)66)21-23-57(29-44(69)70)24-22-56(20-18-54)28-43(67)68)48-15-5-2-4-8-37(59)52-34(46(72)73)13-14-38(60)53-35(45(71)50-25-41(63)64)30-76-31-40(62)51-33-11-9-32(10-12-33)47(74)75;/h9-12,34-35,42-44,65,67,69,74-75H,1-8,13-31H2,(H,48,58)(H,49,61)(H,50,71)(H,51,62)(H,52,59)(H,53,60)(H,63,64)(H,72,73);/q-3;/p-2/t34-,35-,42?,43?,44?;/m0./s1. The molecule has 1 aromatic rings. The van der Waals surface area contributed by atoms with E-state index < -0.39 is 101 Å². The van der Waals surface area contributed by atoms with Gasteiger partial charge in [0.25, 0.3) is 0 Å². The number of β-amino-alcohol motifs (C(OH)–C–C–N with tert-alkyl or cyclic N) is 3. The van der Waals surface area contributed by atoms with E-state index in [1.54, 1.807) is 14.7 Å². The molecule has 1 aliphatic heterocycles. The summed E-state index contributed by atoms with van der Waals surface area (Å²) in [5.41, 5.74) is 0.367. The van der Waals surface area contributed by atoms with E-state index in [4.69, 9.17) is 0 Å². The minimum Gasteiger partial charge on any atom is -0.830 e. The second-order valence-corrected chi connectivity index (χ2v) is 21.3. The third-order valence-corrected chi connectivity index (χ3v) is 14.2. The summed E-state index contributed by atoms with van der Waals surface area (Å²) in [6, 6.07) is 2.95. The Morgan fingerprint density at radius 3 is 1.49 bits per heavy atom. The number of carboxylic acids is 2. The minimum absolute atomic E-state index is 0. The molecule has 1 heterocycles. The number of amides is 6. The molecule has 1 fully saturated rings. The van der Waals surface area contributed by atoms with Gasteiger partial charge in [0.1, 0.15) is 0 Å². The number of carboxylic acid groups (broad SMARTS) is 2. The zero-order valence-electron chi connectivity index (χ0n) is 42.8. The fraction of sp³-hybridized carbons (Fsp3) is 0.696. The van der Waals surface area contributed by atoms with Gasteiger partial charge in [-0.3, -0.25) is 38.8 Å². The number of thioether (sulfide) groups is 1. The van der Waals surface area contributed by atoms with Gasteiger partial charge >= 0.3 is 130 Å². The van der Waals surface area contributed by atoms with Crippen molar-refractivity contribution in [3.8, 4) is 0 Å². The summed E-state index contributed by atoms with van der Waals surface area (Å²) in [6.07, 6.45) is -3.07. The fourth-order valence-corrected chi connectivity index (χ4v) is 9.31. The smallest absolute Gasteiger partial charge is 0.830 e. The molecule has 28 nitrogen and oxygen atoms in total. The van der Waals surface area contributed by atoms with E-state index in [-0.39, 0.29) is 102 Å². The van der Waals surface area contributed by atoms with Crippen LogP contribution in [0.3, 0.4) is 0 Å². The normalized spacial score (nSPS) is 16.2. The van der Waals surface area contributed by atoms with E-state index in [0.717, 1.165) is 11.8 Å². The van der Waals surface area contributed by atoms with Crippen LogP contribution in [0.15, 0.2) is 24.3 Å². The van der Waals surface area contributed by atoms with Crippen molar-refractivity contribution >= 4 is 84.5 Å². The average molecular weight is 1320 g/mol. The number of aliphatic carboxylic acids is 2. The molecule has 0 saturated carbocycles. The van der Waals surface area contributed by atoms with E-state index in [0.29, 0.717) is 114 Å². The molecule has 0 aromatic heterocycles. The van der Waals surface area contributed by atoms with Crippen LogP contribution >= 0.6 is 11.8 Å². The van der Waals surface area contributed by atoms with Crippen LogP contribution in [0.2, 0.25) is 0 Å². The number of aliphatic hydroxyl groups excluding tert-OH is 3. The topological polar surface area (TPSA) is 438 Å². The number of anilines is 1.